The molecule has 0 aromatic heterocycles. The number of anilines is 1. The molecule has 0 spiro atoms. The first-order valence-electron chi connectivity index (χ1n) is 7.99. The summed E-state index contributed by atoms with van der Waals surface area (Å²) < 4.78 is 10.9. The van der Waals surface area contributed by atoms with Crippen molar-refractivity contribution in [3.8, 4) is 11.5 Å². The number of hydrogen-bond acceptors (Lipinski definition) is 6. The zero-order chi connectivity index (χ0) is 18.9. The lowest BCUT2D eigenvalue weighted by Crippen LogP contribution is -2.33. The van der Waals surface area contributed by atoms with E-state index in [1.807, 2.05) is 12.1 Å². The minimum atomic E-state index is -0.527. The van der Waals surface area contributed by atoms with E-state index < -0.39 is 4.92 Å². The Morgan fingerprint density at radius 3 is 2.50 bits per heavy atom. The summed E-state index contributed by atoms with van der Waals surface area (Å²) in [6, 6.07) is 13.3. The van der Waals surface area contributed by atoms with Crippen LogP contribution in [0.5, 0.6) is 11.5 Å². The van der Waals surface area contributed by atoms with E-state index >= 15 is 0 Å². The van der Waals surface area contributed by atoms with E-state index in [9.17, 15) is 14.9 Å². The Bertz CT molecular complexity index is 766. The highest BCUT2D eigenvalue weighted by Crippen LogP contribution is 2.25. The fraction of sp³-hybridized carbons (Fsp3) is 0.278. The summed E-state index contributed by atoms with van der Waals surface area (Å²) in [5, 5.41) is 13.5. The van der Waals surface area contributed by atoms with E-state index in [1.54, 1.807) is 43.3 Å². The standard InChI is InChI=1S/C18H21N3O5/c1-20(11-12-26-17-10-6-5-9-16(17)25-2)13-18(22)19-14-7-3-4-8-15(14)21(23)24/h3-10H,11-13H2,1-2H3,(H,19,22). The van der Waals surface area contributed by atoms with E-state index in [0.717, 1.165) is 0 Å². The van der Waals surface area contributed by atoms with Crippen molar-refractivity contribution in [2.45, 2.75) is 0 Å². The van der Waals surface area contributed by atoms with Gasteiger partial charge in [-0.3, -0.25) is 19.8 Å². The van der Waals surface area contributed by atoms with Gasteiger partial charge in [0.15, 0.2) is 11.5 Å². The van der Waals surface area contributed by atoms with Crippen molar-refractivity contribution in [1.82, 2.24) is 4.90 Å². The fourth-order valence-corrected chi connectivity index (χ4v) is 2.30. The summed E-state index contributed by atoms with van der Waals surface area (Å²) in [5.41, 5.74) is 0.0455. The summed E-state index contributed by atoms with van der Waals surface area (Å²) in [6.07, 6.45) is 0. The molecule has 1 N–H and O–H groups in total. The highest BCUT2D eigenvalue weighted by atomic mass is 16.6. The minimum absolute atomic E-state index is 0.0847. The van der Waals surface area contributed by atoms with Crippen LogP contribution in [0.1, 0.15) is 0 Å². The van der Waals surface area contributed by atoms with Crippen molar-refractivity contribution in [1.29, 1.82) is 0 Å². The van der Waals surface area contributed by atoms with E-state index in [-0.39, 0.29) is 23.8 Å². The van der Waals surface area contributed by atoms with Crippen LogP contribution >= 0.6 is 0 Å². The normalized spacial score (nSPS) is 10.4. The molecular formula is C18H21N3O5. The van der Waals surface area contributed by atoms with Crippen LogP contribution in [0, 0.1) is 10.1 Å². The second-order valence-electron chi connectivity index (χ2n) is 5.56. The van der Waals surface area contributed by atoms with Gasteiger partial charge in [-0.1, -0.05) is 24.3 Å². The average Bonchev–Trinajstić information content (AvgIpc) is 2.62. The van der Waals surface area contributed by atoms with Crippen LogP contribution in [0.3, 0.4) is 0 Å². The quantitative estimate of drug-likeness (QED) is 0.546. The highest BCUT2D eigenvalue weighted by Gasteiger charge is 2.15. The Morgan fingerprint density at radius 2 is 1.81 bits per heavy atom. The fourth-order valence-electron chi connectivity index (χ4n) is 2.30. The zero-order valence-electron chi connectivity index (χ0n) is 14.7. The predicted molar refractivity (Wildman–Crippen MR) is 97.7 cm³/mol. The lowest BCUT2D eigenvalue weighted by molar-refractivity contribution is -0.383. The number of nitro groups is 1. The van der Waals surface area contributed by atoms with Crippen molar-refractivity contribution >= 4 is 17.3 Å². The molecule has 1 amide bonds. The molecule has 0 saturated heterocycles. The topological polar surface area (TPSA) is 93.9 Å². The van der Waals surface area contributed by atoms with Crippen LogP contribution in [0.15, 0.2) is 48.5 Å². The third-order valence-corrected chi connectivity index (χ3v) is 3.59. The van der Waals surface area contributed by atoms with Crippen LogP contribution in [0.2, 0.25) is 0 Å². The largest absolute Gasteiger partial charge is 0.493 e. The second-order valence-corrected chi connectivity index (χ2v) is 5.56. The number of ether oxygens (including phenoxy) is 2. The molecule has 0 atom stereocenters. The zero-order valence-corrected chi connectivity index (χ0v) is 14.7. The Kier molecular flexibility index (Phi) is 6.92. The number of likely N-dealkylation sites (N-methyl/N-ethyl adjacent to an activating group) is 1. The number of benzene rings is 2. The lowest BCUT2D eigenvalue weighted by Gasteiger charge is -2.17. The monoisotopic (exact) mass is 359 g/mol. The first-order chi connectivity index (χ1) is 12.5. The lowest BCUT2D eigenvalue weighted by atomic mass is 10.2. The molecule has 0 bridgehead atoms. The molecule has 0 aliphatic heterocycles. The number of carbonyl (C=O) groups is 1. The van der Waals surface area contributed by atoms with Crippen LogP contribution in [0.4, 0.5) is 11.4 Å². The number of nitrogens with one attached hydrogen (secondary N) is 1. The van der Waals surface area contributed by atoms with Crippen molar-refractivity contribution in [3.63, 3.8) is 0 Å². The molecule has 0 aliphatic carbocycles. The van der Waals surface area contributed by atoms with E-state index in [2.05, 4.69) is 5.32 Å². The van der Waals surface area contributed by atoms with Crippen LogP contribution < -0.4 is 14.8 Å². The third-order valence-electron chi connectivity index (χ3n) is 3.59. The number of amides is 1. The molecule has 0 unspecified atom stereocenters. The molecule has 0 heterocycles. The van der Waals surface area contributed by atoms with Gasteiger partial charge in [-0.05, 0) is 25.2 Å². The van der Waals surface area contributed by atoms with Gasteiger partial charge in [-0.25, -0.2) is 0 Å². The molecule has 26 heavy (non-hydrogen) atoms. The number of para-hydroxylation sites is 4. The van der Waals surface area contributed by atoms with Gasteiger partial charge in [0.25, 0.3) is 5.69 Å². The molecule has 0 saturated carbocycles. The van der Waals surface area contributed by atoms with Crippen molar-refractivity contribution in [2.75, 3.05) is 39.2 Å². The van der Waals surface area contributed by atoms with E-state index in [0.29, 0.717) is 24.7 Å². The summed E-state index contributed by atoms with van der Waals surface area (Å²) in [6.45, 7) is 0.958. The minimum Gasteiger partial charge on any atom is -0.493 e. The first kappa shape index (κ1) is 19.2. The van der Waals surface area contributed by atoms with Crippen LogP contribution in [-0.4, -0.2) is 49.6 Å². The molecule has 2 aromatic carbocycles. The number of methoxy groups -OCH3 is 1. The first-order valence-corrected chi connectivity index (χ1v) is 7.99. The number of nitro benzene ring substituents is 1. The molecule has 8 heteroatoms. The van der Waals surface area contributed by atoms with Crippen LogP contribution in [0.25, 0.3) is 0 Å². The number of carbonyl (C=O) groups excluding carboxylic acids is 1. The van der Waals surface area contributed by atoms with E-state index in [4.69, 9.17) is 9.47 Å². The Balaban J connectivity index is 1.81. The van der Waals surface area contributed by atoms with Gasteiger partial charge in [0.1, 0.15) is 12.3 Å². The maximum atomic E-state index is 12.1. The highest BCUT2D eigenvalue weighted by molar-refractivity contribution is 5.94. The van der Waals surface area contributed by atoms with Gasteiger partial charge < -0.3 is 14.8 Å². The van der Waals surface area contributed by atoms with Gasteiger partial charge in [-0.2, -0.15) is 0 Å². The Hall–Kier alpha value is -3.13. The smallest absolute Gasteiger partial charge is 0.292 e. The summed E-state index contributed by atoms with van der Waals surface area (Å²) >= 11 is 0. The van der Waals surface area contributed by atoms with Gasteiger partial charge in [0.2, 0.25) is 5.91 Å². The van der Waals surface area contributed by atoms with Crippen molar-refractivity contribution < 1.29 is 19.2 Å². The molecule has 0 fully saturated rings. The average molecular weight is 359 g/mol. The van der Waals surface area contributed by atoms with Gasteiger partial charge in [0.05, 0.1) is 18.6 Å². The predicted octanol–water partition coefficient (Wildman–Crippen LogP) is 2.55. The van der Waals surface area contributed by atoms with Gasteiger partial charge in [0, 0.05) is 12.6 Å². The number of rotatable bonds is 9. The van der Waals surface area contributed by atoms with E-state index in [1.165, 1.54) is 12.1 Å². The summed E-state index contributed by atoms with van der Waals surface area (Å²) in [5.74, 6) is 0.941. The number of nitrogens with zero attached hydrogens (tertiary/aromatic N) is 2. The molecule has 0 aliphatic rings. The van der Waals surface area contributed by atoms with Crippen molar-refractivity contribution in [2.24, 2.45) is 0 Å². The summed E-state index contributed by atoms with van der Waals surface area (Å²) in [4.78, 5) is 24.3. The maximum absolute atomic E-state index is 12.1. The van der Waals surface area contributed by atoms with Crippen molar-refractivity contribution in [3.05, 3.63) is 58.6 Å². The summed E-state index contributed by atoms with van der Waals surface area (Å²) in [7, 11) is 3.34. The van der Waals surface area contributed by atoms with Gasteiger partial charge in [-0.15, -0.1) is 0 Å². The SMILES string of the molecule is COc1ccccc1OCCN(C)CC(=O)Nc1ccccc1[N+](=O)[O-]. The molecule has 8 nitrogen and oxygen atoms in total. The molecule has 2 aromatic rings. The molecule has 138 valence electrons. The second kappa shape index (κ2) is 9.38. The molecule has 2 rings (SSSR count). The van der Waals surface area contributed by atoms with Crippen LogP contribution in [-0.2, 0) is 4.79 Å². The Morgan fingerprint density at radius 1 is 1.15 bits per heavy atom. The van der Waals surface area contributed by atoms with Gasteiger partial charge >= 0.3 is 0 Å². The maximum Gasteiger partial charge on any atom is 0.292 e. The molecular weight excluding hydrogens is 338 g/mol. The molecule has 0 radical (unpaired) electrons. The Labute approximate surface area is 151 Å². The third kappa shape index (κ3) is 5.45. The number of hydrogen-bond donors (Lipinski definition) is 1.